The number of carbonyl (C=O) groups is 7. The summed E-state index contributed by atoms with van der Waals surface area (Å²) in [6.45, 7) is 32.9. The molecule has 0 unspecified atom stereocenters. The summed E-state index contributed by atoms with van der Waals surface area (Å²) >= 11 is 0. The molecule has 0 saturated heterocycles. The van der Waals surface area contributed by atoms with Gasteiger partial charge in [0.15, 0.2) is 0 Å². The Morgan fingerprint density at radius 1 is 0.479 bits per heavy atom. The summed E-state index contributed by atoms with van der Waals surface area (Å²) in [5.41, 5.74) is 8.83. The normalized spacial score (nSPS) is 11.5. The molecular formula is C50H97N7O14. The Bertz CT molecular complexity index is 1520. The van der Waals surface area contributed by atoms with Crippen LogP contribution in [-0.2, 0) is 66.8 Å². The van der Waals surface area contributed by atoms with Gasteiger partial charge in [-0.25, -0.2) is 0 Å². The lowest BCUT2D eigenvalue weighted by Crippen LogP contribution is -2.40. The average molecular weight is 1020 g/mol. The lowest BCUT2D eigenvalue weighted by Gasteiger charge is -2.25. The van der Waals surface area contributed by atoms with E-state index in [1.54, 1.807) is 25.7 Å². The van der Waals surface area contributed by atoms with Gasteiger partial charge in [0.05, 0.1) is 39.7 Å². The Morgan fingerprint density at radius 3 is 1.13 bits per heavy atom. The number of methoxy groups -OCH3 is 1. The second kappa shape index (κ2) is 41.3. The number of hydrogen-bond acceptors (Lipinski definition) is 21. The van der Waals surface area contributed by atoms with Crippen LogP contribution in [0, 0.1) is 0 Å². The van der Waals surface area contributed by atoms with Gasteiger partial charge in [0.2, 0.25) is 0 Å². The fraction of sp³-hybridized carbons (Fsp3) is 0.840. The van der Waals surface area contributed by atoms with Gasteiger partial charge >= 0.3 is 36.0 Å². The van der Waals surface area contributed by atoms with Crippen molar-refractivity contribution in [2.24, 2.45) is 11.5 Å². The number of hydrogen-bond donors (Lipinski definition) is 3. The summed E-state index contributed by atoms with van der Waals surface area (Å²) in [6, 6.07) is 0. The maximum Gasteiger partial charge on any atom is 0.373 e. The van der Waals surface area contributed by atoms with Gasteiger partial charge in [-0.2, -0.15) is 9.59 Å². The van der Waals surface area contributed by atoms with Crippen molar-refractivity contribution in [2.75, 3.05) is 112 Å². The van der Waals surface area contributed by atoms with Gasteiger partial charge in [-0.05, 0) is 142 Å². The molecule has 0 aliphatic heterocycles. The van der Waals surface area contributed by atoms with E-state index in [-0.39, 0.29) is 73.7 Å². The Kier molecular flexibility index (Phi) is 42.6. The number of ether oxygens (including phenoxy) is 5. The Balaban J connectivity index is -0.000000517. The molecule has 0 fully saturated rings. The molecule has 21 nitrogen and oxygen atoms in total. The van der Waals surface area contributed by atoms with Crippen LogP contribution in [0.4, 0.5) is 0 Å². The molecule has 0 radical (unpaired) electrons. The van der Waals surface area contributed by atoms with Gasteiger partial charge in [0.1, 0.15) is 34.0 Å². The van der Waals surface area contributed by atoms with E-state index in [0.717, 1.165) is 32.5 Å². The van der Waals surface area contributed by atoms with Crippen molar-refractivity contribution >= 4 is 47.6 Å². The van der Waals surface area contributed by atoms with Crippen LogP contribution in [0.15, 0.2) is 0 Å². The largest absolute Gasteiger partial charge is 0.469 e. The zero-order chi connectivity index (χ0) is 55.9. The highest BCUT2D eigenvalue weighted by Crippen LogP contribution is 2.12. The van der Waals surface area contributed by atoms with Crippen molar-refractivity contribution in [1.29, 1.82) is 0 Å². The Hall–Kier alpha value is -4.21. The van der Waals surface area contributed by atoms with Crippen LogP contribution in [0.5, 0.6) is 0 Å². The molecule has 0 aromatic carbocycles. The second-order valence-electron chi connectivity index (χ2n) is 20.7. The highest BCUT2D eigenvalue weighted by molar-refractivity contribution is 5.79. The third kappa shape index (κ3) is 56.6. The molecule has 0 saturated carbocycles. The molecule has 0 aliphatic rings. The predicted molar refractivity (Wildman–Crippen MR) is 272 cm³/mol. The predicted octanol–water partition coefficient (Wildman–Crippen LogP) is 3.17. The lowest BCUT2D eigenvalue weighted by molar-refractivity contribution is -0.192. The number of carbonyl (C=O) groups excluding carboxylic acids is 9. The first-order valence-corrected chi connectivity index (χ1v) is 24.6. The van der Waals surface area contributed by atoms with Gasteiger partial charge < -0.3 is 40.5 Å². The molecule has 0 rings (SSSR count). The maximum absolute atomic E-state index is 12.5. The van der Waals surface area contributed by atoms with Crippen molar-refractivity contribution in [3.63, 3.8) is 0 Å². The van der Waals surface area contributed by atoms with Crippen LogP contribution in [0.1, 0.15) is 142 Å². The van der Waals surface area contributed by atoms with E-state index in [1.165, 1.54) is 14.0 Å². The van der Waals surface area contributed by atoms with Crippen LogP contribution in [0.25, 0.3) is 0 Å². The van der Waals surface area contributed by atoms with Gasteiger partial charge in [-0.1, -0.05) is 6.92 Å². The number of nitrogens with two attached hydrogens (primary N) is 2. The van der Waals surface area contributed by atoms with E-state index < -0.39 is 22.4 Å². The smallest absolute Gasteiger partial charge is 0.373 e. The van der Waals surface area contributed by atoms with E-state index in [4.69, 9.17) is 40.0 Å². The number of rotatable bonds is 31. The van der Waals surface area contributed by atoms with Gasteiger partial charge in [-0.15, -0.1) is 0 Å². The van der Waals surface area contributed by atoms with E-state index in [0.29, 0.717) is 84.5 Å². The van der Waals surface area contributed by atoms with Crippen molar-refractivity contribution in [3.8, 4) is 0 Å². The summed E-state index contributed by atoms with van der Waals surface area (Å²) in [5.74, 6) is -1.27. The molecule has 0 heterocycles. The standard InChI is InChI=1S/C26H49N3O6.C13H25NO4.C10H23N3O2.CO2/c1-21(30)12-17-29(20-24(33)35-26(5,6)7)18-13-22(31)11-9-15-28(16-10-14-27-8)19-23(32)34-25(2,3)4;1-6-8-14(9-7-11(15)17-5)10-12(16)18-13(2,3)4;1-10(2,3)15-9(14)8-13(6-4-11)7-5-12;2-1-3/h27H,9-20H2,1-8H3;6-10H2,1-5H3;4-8,11-12H2,1-3H3;. The molecule has 21 heteroatoms. The fourth-order valence-electron chi connectivity index (χ4n) is 6.04. The van der Waals surface area contributed by atoms with Crippen LogP contribution in [-0.4, -0.2) is 202 Å². The first kappa shape index (κ1) is 73.3. The van der Waals surface area contributed by atoms with Gasteiger partial charge in [0, 0.05) is 65.1 Å². The molecule has 0 aromatic heterocycles. The number of nitrogens with zero attached hydrogens (tertiary/aromatic N) is 4. The first-order chi connectivity index (χ1) is 32.7. The molecule has 0 amide bonds. The number of nitrogens with one attached hydrogen (secondary N) is 1. The molecule has 71 heavy (non-hydrogen) atoms. The summed E-state index contributed by atoms with van der Waals surface area (Å²) in [7, 11) is 3.25. The number of Topliss-reactive ketones (excluding diaryl/α,β-unsaturated/α-hetero) is 2. The van der Waals surface area contributed by atoms with Crippen LogP contribution in [0.3, 0.4) is 0 Å². The number of ketones is 2. The molecule has 0 bridgehead atoms. The third-order valence-corrected chi connectivity index (χ3v) is 8.70. The zero-order valence-corrected chi connectivity index (χ0v) is 46.7. The zero-order valence-electron chi connectivity index (χ0n) is 46.7. The highest BCUT2D eigenvalue weighted by Gasteiger charge is 2.23. The monoisotopic (exact) mass is 1020 g/mol. The second-order valence-corrected chi connectivity index (χ2v) is 20.7. The molecule has 0 spiro atoms. The Labute approximate surface area is 426 Å². The Morgan fingerprint density at radius 2 is 0.803 bits per heavy atom. The quantitative estimate of drug-likeness (QED) is 0.0511. The maximum atomic E-state index is 12.5. The van der Waals surface area contributed by atoms with Gasteiger partial charge in [0.25, 0.3) is 0 Å². The van der Waals surface area contributed by atoms with Gasteiger partial charge in [-0.3, -0.25) is 53.2 Å². The lowest BCUT2D eigenvalue weighted by atomic mass is 10.1. The minimum atomic E-state index is -0.586. The summed E-state index contributed by atoms with van der Waals surface area (Å²) in [6.07, 6.45) is 4.01. The fourth-order valence-corrected chi connectivity index (χ4v) is 6.04. The molecule has 0 atom stereocenters. The average Bonchev–Trinajstić information content (AvgIpc) is 3.19. The number of esters is 5. The SMILES string of the molecule is CC(C)(C)OC(=O)CN(CCN)CCN.CCCN(CCC(=O)OC)CC(=O)OC(C)(C)C.CNCCCN(CCCC(=O)CCN(CCC(C)=O)CC(=O)OC(C)(C)C)CC(=O)OC(C)(C)C.O=C=O. The third-order valence-electron chi connectivity index (χ3n) is 8.70. The summed E-state index contributed by atoms with van der Waals surface area (Å²) in [5, 5.41) is 3.10. The molecule has 5 N–H and O–H groups in total. The van der Waals surface area contributed by atoms with Crippen LogP contribution < -0.4 is 16.8 Å². The van der Waals surface area contributed by atoms with Crippen molar-refractivity contribution in [1.82, 2.24) is 24.9 Å². The van der Waals surface area contributed by atoms with Crippen LogP contribution in [0.2, 0.25) is 0 Å². The summed E-state index contributed by atoms with van der Waals surface area (Å²) in [4.78, 5) is 106. The van der Waals surface area contributed by atoms with Crippen molar-refractivity contribution in [3.05, 3.63) is 0 Å². The van der Waals surface area contributed by atoms with E-state index >= 15 is 0 Å². The summed E-state index contributed by atoms with van der Waals surface area (Å²) < 4.78 is 25.8. The van der Waals surface area contributed by atoms with Crippen molar-refractivity contribution < 1.29 is 66.8 Å². The molecular weight excluding hydrogens is 923 g/mol. The molecule has 416 valence electrons. The van der Waals surface area contributed by atoms with E-state index in [9.17, 15) is 33.6 Å². The minimum absolute atomic E-state index is 0.0360. The van der Waals surface area contributed by atoms with E-state index in [1.807, 2.05) is 91.0 Å². The van der Waals surface area contributed by atoms with Crippen LogP contribution >= 0.6 is 0 Å². The molecule has 0 aliphatic carbocycles. The first-order valence-electron chi connectivity index (χ1n) is 24.6. The topological polar surface area (TPSA) is 277 Å². The minimum Gasteiger partial charge on any atom is -0.469 e. The van der Waals surface area contributed by atoms with Crippen molar-refractivity contribution in [2.45, 2.75) is 164 Å². The van der Waals surface area contributed by atoms with E-state index in [2.05, 4.69) is 10.1 Å². The molecule has 0 aromatic rings. The highest BCUT2D eigenvalue weighted by atomic mass is 16.6.